The van der Waals surface area contributed by atoms with Crippen molar-refractivity contribution < 1.29 is 17.2 Å². The first-order valence-electron chi connectivity index (χ1n) is 10.6. The van der Waals surface area contributed by atoms with Gasteiger partial charge in [0.1, 0.15) is 11.6 Å². The Hall–Kier alpha value is -3.02. The second-order valence-electron chi connectivity index (χ2n) is 8.01. The maximum absolute atomic E-state index is 13.1. The van der Waals surface area contributed by atoms with Crippen molar-refractivity contribution in [2.75, 3.05) is 0 Å². The molecule has 0 amide bonds. The highest BCUT2D eigenvalue weighted by atomic mass is 16.6. The second kappa shape index (κ2) is 8.55. The van der Waals surface area contributed by atoms with Crippen LogP contribution in [-0.4, -0.2) is 34.3 Å². The van der Waals surface area contributed by atoms with Gasteiger partial charge in [-0.15, -0.1) is 0 Å². The molecule has 1 saturated carbocycles. The maximum atomic E-state index is 13.1. The molecule has 1 aliphatic rings. The lowest BCUT2D eigenvalue weighted by Gasteiger charge is -2.23. The van der Waals surface area contributed by atoms with Gasteiger partial charge in [0.05, 0.1) is 5.71 Å². The van der Waals surface area contributed by atoms with Gasteiger partial charge in [0.2, 0.25) is 6.04 Å². The highest BCUT2D eigenvalue weighted by molar-refractivity contribution is 6.13. The van der Waals surface area contributed by atoms with E-state index in [1.807, 2.05) is 60.7 Å². The Bertz CT molecular complexity index is 931. The Morgan fingerprint density at radius 2 is 1.69 bits per heavy atom. The van der Waals surface area contributed by atoms with Crippen LogP contribution in [0.15, 0.2) is 65.7 Å². The van der Waals surface area contributed by atoms with Crippen molar-refractivity contribution in [3.8, 4) is 0 Å². The molecule has 0 aromatic heterocycles. The summed E-state index contributed by atoms with van der Waals surface area (Å²) in [6.45, 7) is 5.06. The second-order valence-corrected chi connectivity index (χ2v) is 8.01. The van der Waals surface area contributed by atoms with Gasteiger partial charge in [-0.1, -0.05) is 60.7 Å². The number of benzene rings is 2. The fraction of sp³-hybridized carbons (Fsp3) is 0.391. The lowest BCUT2D eigenvalue weighted by atomic mass is 10.0. The van der Waals surface area contributed by atoms with Crippen LogP contribution in [-0.2, 0) is 9.53 Å². The van der Waals surface area contributed by atoms with Crippen molar-refractivity contribution in [2.45, 2.75) is 51.2 Å². The highest BCUT2D eigenvalue weighted by Gasteiger charge is 2.50. The van der Waals surface area contributed by atoms with Gasteiger partial charge in [-0.25, -0.2) is 4.79 Å². The minimum Gasteiger partial charge on any atom is -0.458 e. The summed E-state index contributed by atoms with van der Waals surface area (Å²) in [7, 11) is 0. The SMILES string of the molecule is [2H]C([2H])(C(N=C(c1ccccc1)c1ccccc1)C(=O)OC(C)(C)C)[C@@H]1C[C@H]1[N+](=O)[O-]. The molecular weight excluding hydrogens is 368 g/mol. The molecule has 2 aromatic carbocycles. The number of aliphatic imine (C=N–C) groups is 1. The Balaban J connectivity index is 2.11. The largest absolute Gasteiger partial charge is 0.458 e. The third-order valence-electron chi connectivity index (χ3n) is 4.38. The van der Waals surface area contributed by atoms with E-state index in [1.165, 1.54) is 0 Å². The Morgan fingerprint density at radius 1 is 1.17 bits per heavy atom. The van der Waals surface area contributed by atoms with Crippen molar-refractivity contribution in [1.82, 2.24) is 0 Å². The first-order chi connectivity index (χ1) is 14.5. The number of rotatable bonds is 7. The summed E-state index contributed by atoms with van der Waals surface area (Å²) in [5.74, 6) is -1.74. The molecule has 2 aromatic rings. The summed E-state index contributed by atoms with van der Waals surface area (Å²) in [6.07, 6.45) is -2.17. The average Bonchev–Trinajstić information content (AvgIpc) is 3.50. The lowest BCUT2D eigenvalue weighted by molar-refractivity contribution is -0.498. The molecule has 3 rings (SSSR count). The molecule has 152 valence electrons. The summed E-state index contributed by atoms with van der Waals surface area (Å²) >= 11 is 0. The van der Waals surface area contributed by atoms with Gasteiger partial charge in [0, 0.05) is 31.1 Å². The van der Waals surface area contributed by atoms with E-state index in [4.69, 9.17) is 7.48 Å². The quantitative estimate of drug-likeness (QED) is 0.303. The summed E-state index contributed by atoms with van der Waals surface area (Å²) < 4.78 is 22.7. The highest BCUT2D eigenvalue weighted by Crippen LogP contribution is 2.38. The number of hydrogen-bond donors (Lipinski definition) is 0. The molecule has 3 atom stereocenters. The minimum absolute atomic E-state index is 0.0703. The Morgan fingerprint density at radius 3 is 2.10 bits per heavy atom. The predicted molar refractivity (Wildman–Crippen MR) is 112 cm³/mol. The van der Waals surface area contributed by atoms with Crippen molar-refractivity contribution in [3.05, 3.63) is 81.9 Å². The molecule has 1 unspecified atom stereocenters. The van der Waals surface area contributed by atoms with Gasteiger partial charge in [0.25, 0.3) is 0 Å². The molecule has 0 spiro atoms. The van der Waals surface area contributed by atoms with E-state index < -0.39 is 40.9 Å². The van der Waals surface area contributed by atoms with Gasteiger partial charge in [0.15, 0.2) is 0 Å². The van der Waals surface area contributed by atoms with Crippen LogP contribution in [0, 0.1) is 16.0 Å². The van der Waals surface area contributed by atoms with Gasteiger partial charge in [-0.05, 0) is 27.1 Å². The summed E-state index contributed by atoms with van der Waals surface area (Å²) in [5, 5.41) is 11.2. The normalized spacial score (nSPS) is 20.7. The summed E-state index contributed by atoms with van der Waals surface area (Å²) in [4.78, 5) is 28.3. The first kappa shape index (κ1) is 18.0. The topological polar surface area (TPSA) is 81.8 Å². The van der Waals surface area contributed by atoms with Crippen LogP contribution in [0.25, 0.3) is 0 Å². The molecule has 6 nitrogen and oxygen atoms in total. The predicted octanol–water partition coefficient (Wildman–Crippen LogP) is 4.29. The van der Waals surface area contributed by atoms with Crippen LogP contribution in [0.2, 0.25) is 0 Å². The van der Waals surface area contributed by atoms with E-state index in [0.29, 0.717) is 16.8 Å². The van der Waals surface area contributed by atoms with Gasteiger partial charge in [-0.3, -0.25) is 15.1 Å². The average molecular weight is 396 g/mol. The molecule has 0 bridgehead atoms. The van der Waals surface area contributed by atoms with Crippen LogP contribution in [0.1, 0.15) is 47.4 Å². The first-order valence-corrected chi connectivity index (χ1v) is 9.55. The molecule has 0 N–H and O–H groups in total. The molecule has 0 radical (unpaired) electrons. The zero-order valence-electron chi connectivity index (χ0n) is 18.7. The number of nitro groups is 1. The Kier molecular flexibility index (Phi) is 5.32. The molecule has 0 heterocycles. The van der Waals surface area contributed by atoms with Crippen LogP contribution >= 0.6 is 0 Å². The third kappa shape index (κ3) is 5.73. The van der Waals surface area contributed by atoms with Crippen LogP contribution < -0.4 is 0 Å². The Labute approximate surface area is 173 Å². The number of carbonyl (C=O) groups excluding carboxylic acids is 1. The lowest BCUT2D eigenvalue weighted by Crippen LogP contribution is -2.32. The zero-order chi connectivity index (χ0) is 22.8. The van der Waals surface area contributed by atoms with Gasteiger partial charge >= 0.3 is 5.97 Å². The smallest absolute Gasteiger partial charge is 0.331 e. The van der Waals surface area contributed by atoms with Crippen molar-refractivity contribution in [3.63, 3.8) is 0 Å². The molecule has 1 fully saturated rings. The monoisotopic (exact) mass is 396 g/mol. The van der Waals surface area contributed by atoms with E-state index in [-0.39, 0.29) is 6.42 Å². The fourth-order valence-corrected chi connectivity index (χ4v) is 2.95. The van der Waals surface area contributed by atoms with E-state index in [0.717, 1.165) is 0 Å². The van der Waals surface area contributed by atoms with Crippen LogP contribution in [0.4, 0.5) is 0 Å². The fourth-order valence-electron chi connectivity index (χ4n) is 2.95. The minimum atomic E-state index is -2.24. The maximum Gasteiger partial charge on any atom is 0.331 e. The summed E-state index contributed by atoms with van der Waals surface area (Å²) in [5.41, 5.74) is 0.991. The standard InChI is InChI=1S/C23H26N2O4/c1-23(2,3)29-22(26)19(14-18-15-20(18)25(27)28)24-21(16-10-6-4-7-11-16)17-12-8-5-9-13-17/h4-13,18-20H,14-15H2,1-3H3/t18-,19?,20-/m1/s1/i14D2. The van der Waals surface area contributed by atoms with E-state index in [1.54, 1.807) is 20.8 Å². The third-order valence-corrected chi connectivity index (χ3v) is 4.38. The molecule has 0 saturated heterocycles. The van der Waals surface area contributed by atoms with E-state index >= 15 is 0 Å². The van der Waals surface area contributed by atoms with Crippen LogP contribution in [0.3, 0.4) is 0 Å². The van der Waals surface area contributed by atoms with Gasteiger partial charge < -0.3 is 4.74 Å². The van der Waals surface area contributed by atoms with Crippen molar-refractivity contribution >= 4 is 11.7 Å². The number of hydrogen-bond acceptors (Lipinski definition) is 5. The number of esters is 1. The molecule has 6 heteroatoms. The van der Waals surface area contributed by atoms with E-state index in [9.17, 15) is 14.9 Å². The molecular formula is C23H26N2O4. The number of nitrogens with zero attached hydrogens (tertiary/aromatic N) is 2. The van der Waals surface area contributed by atoms with E-state index in [2.05, 4.69) is 4.99 Å². The zero-order valence-corrected chi connectivity index (χ0v) is 16.7. The number of carbonyl (C=O) groups is 1. The molecule has 29 heavy (non-hydrogen) atoms. The van der Waals surface area contributed by atoms with Gasteiger partial charge in [-0.2, -0.15) is 0 Å². The molecule has 0 aliphatic heterocycles. The number of ether oxygens (including phenoxy) is 1. The van der Waals surface area contributed by atoms with Crippen molar-refractivity contribution in [1.29, 1.82) is 0 Å². The summed E-state index contributed by atoms with van der Waals surface area (Å²) in [6, 6.07) is 15.7. The van der Waals surface area contributed by atoms with Crippen LogP contribution in [0.5, 0.6) is 0 Å². The van der Waals surface area contributed by atoms with Crippen molar-refractivity contribution in [2.24, 2.45) is 10.9 Å². The molecule has 1 aliphatic carbocycles.